The number of ether oxygens (including phenoxy) is 1. The molecule has 19 heavy (non-hydrogen) atoms. The molecule has 1 aliphatic rings. The molecule has 0 spiro atoms. The SMILES string of the molecule is CC1CC=CCC1COCC(=O)c1ccc(I)cc1. The van der Waals surface area contributed by atoms with Crippen molar-refractivity contribution in [3.8, 4) is 0 Å². The average Bonchev–Trinajstić information content (AvgIpc) is 2.41. The number of hydrogen-bond acceptors (Lipinski definition) is 2. The van der Waals surface area contributed by atoms with E-state index in [0.717, 1.165) is 22.0 Å². The van der Waals surface area contributed by atoms with Crippen molar-refractivity contribution in [3.63, 3.8) is 0 Å². The zero-order valence-electron chi connectivity index (χ0n) is 11.1. The highest BCUT2D eigenvalue weighted by Crippen LogP contribution is 2.25. The molecule has 0 bridgehead atoms. The third-order valence-electron chi connectivity index (χ3n) is 3.65. The fourth-order valence-corrected chi connectivity index (χ4v) is 2.62. The van der Waals surface area contributed by atoms with Gasteiger partial charge in [0.05, 0.1) is 6.61 Å². The molecular formula is C16H19IO2. The summed E-state index contributed by atoms with van der Waals surface area (Å²) in [6.07, 6.45) is 6.64. The Morgan fingerprint density at radius 1 is 1.26 bits per heavy atom. The second-order valence-electron chi connectivity index (χ2n) is 5.13. The lowest BCUT2D eigenvalue weighted by atomic mass is 9.85. The lowest BCUT2D eigenvalue weighted by Crippen LogP contribution is -2.21. The van der Waals surface area contributed by atoms with Gasteiger partial charge in [-0.15, -0.1) is 0 Å². The molecule has 0 saturated carbocycles. The van der Waals surface area contributed by atoms with Crippen molar-refractivity contribution < 1.29 is 9.53 Å². The number of carbonyl (C=O) groups excluding carboxylic acids is 1. The van der Waals surface area contributed by atoms with Crippen molar-refractivity contribution in [2.24, 2.45) is 11.8 Å². The van der Waals surface area contributed by atoms with Crippen LogP contribution in [-0.4, -0.2) is 19.0 Å². The predicted octanol–water partition coefficient (Wildman–Crippen LogP) is 4.09. The van der Waals surface area contributed by atoms with Crippen LogP contribution in [-0.2, 0) is 4.74 Å². The fraction of sp³-hybridized carbons (Fsp3) is 0.438. The molecule has 0 saturated heterocycles. The van der Waals surface area contributed by atoms with Crippen LogP contribution in [0.1, 0.15) is 30.1 Å². The lowest BCUT2D eigenvalue weighted by Gasteiger charge is -2.24. The van der Waals surface area contributed by atoms with Gasteiger partial charge < -0.3 is 4.74 Å². The second-order valence-corrected chi connectivity index (χ2v) is 6.37. The van der Waals surface area contributed by atoms with E-state index in [-0.39, 0.29) is 12.4 Å². The molecule has 2 unspecified atom stereocenters. The van der Waals surface area contributed by atoms with Gasteiger partial charge in [0.2, 0.25) is 0 Å². The minimum absolute atomic E-state index is 0.0652. The van der Waals surface area contributed by atoms with Crippen LogP contribution in [0.4, 0.5) is 0 Å². The molecule has 0 N–H and O–H groups in total. The fourth-order valence-electron chi connectivity index (χ4n) is 2.26. The molecule has 1 aliphatic carbocycles. The molecule has 0 amide bonds. The van der Waals surface area contributed by atoms with Crippen molar-refractivity contribution in [2.45, 2.75) is 19.8 Å². The van der Waals surface area contributed by atoms with Crippen molar-refractivity contribution in [1.29, 1.82) is 0 Å². The largest absolute Gasteiger partial charge is 0.373 e. The van der Waals surface area contributed by atoms with Crippen LogP contribution in [0.5, 0.6) is 0 Å². The van der Waals surface area contributed by atoms with E-state index in [1.54, 1.807) is 0 Å². The van der Waals surface area contributed by atoms with Gasteiger partial charge in [-0.25, -0.2) is 0 Å². The first-order valence-corrected chi connectivity index (χ1v) is 7.76. The molecule has 2 rings (SSSR count). The Morgan fingerprint density at radius 2 is 1.95 bits per heavy atom. The molecular weight excluding hydrogens is 351 g/mol. The van der Waals surface area contributed by atoms with E-state index in [1.807, 2.05) is 24.3 Å². The summed E-state index contributed by atoms with van der Waals surface area (Å²) in [6, 6.07) is 7.61. The summed E-state index contributed by atoms with van der Waals surface area (Å²) >= 11 is 2.23. The zero-order valence-corrected chi connectivity index (χ0v) is 13.3. The molecule has 102 valence electrons. The van der Waals surface area contributed by atoms with Gasteiger partial charge in [0.25, 0.3) is 0 Å². The summed E-state index contributed by atoms with van der Waals surface area (Å²) in [4.78, 5) is 11.9. The highest BCUT2D eigenvalue weighted by Gasteiger charge is 2.18. The van der Waals surface area contributed by atoms with Gasteiger partial charge in [0.1, 0.15) is 6.61 Å². The van der Waals surface area contributed by atoms with Gasteiger partial charge in [-0.3, -0.25) is 4.79 Å². The number of ketones is 1. The third kappa shape index (κ3) is 4.42. The molecule has 2 nitrogen and oxygen atoms in total. The summed E-state index contributed by atoms with van der Waals surface area (Å²) in [7, 11) is 0. The van der Waals surface area contributed by atoms with Gasteiger partial charge in [-0.1, -0.05) is 31.2 Å². The topological polar surface area (TPSA) is 26.3 Å². The Labute approximate surface area is 128 Å². The molecule has 0 radical (unpaired) electrons. The minimum atomic E-state index is 0.0652. The Balaban J connectivity index is 1.77. The molecule has 0 aliphatic heterocycles. The number of rotatable bonds is 5. The monoisotopic (exact) mass is 370 g/mol. The second kappa shape index (κ2) is 7.20. The highest BCUT2D eigenvalue weighted by atomic mass is 127. The average molecular weight is 370 g/mol. The van der Waals surface area contributed by atoms with E-state index in [2.05, 4.69) is 41.7 Å². The van der Waals surface area contributed by atoms with Crippen molar-refractivity contribution >= 4 is 28.4 Å². The zero-order chi connectivity index (χ0) is 13.7. The number of benzene rings is 1. The van der Waals surface area contributed by atoms with Gasteiger partial charge in [0, 0.05) is 9.13 Å². The highest BCUT2D eigenvalue weighted by molar-refractivity contribution is 14.1. The number of hydrogen-bond donors (Lipinski definition) is 0. The molecule has 0 heterocycles. The molecule has 0 aromatic heterocycles. The number of allylic oxidation sites excluding steroid dienone is 2. The molecule has 0 fully saturated rings. The summed E-state index contributed by atoms with van der Waals surface area (Å²) < 4.78 is 6.74. The van der Waals surface area contributed by atoms with Gasteiger partial charge in [-0.05, 0) is 59.4 Å². The predicted molar refractivity (Wildman–Crippen MR) is 85.3 cm³/mol. The Morgan fingerprint density at radius 3 is 2.63 bits per heavy atom. The van der Waals surface area contributed by atoms with E-state index < -0.39 is 0 Å². The van der Waals surface area contributed by atoms with Crippen LogP contribution in [0.15, 0.2) is 36.4 Å². The third-order valence-corrected chi connectivity index (χ3v) is 4.37. The van der Waals surface area contributed by atoms with Crippen molar-refractivity contribution in [3.05, 3.63) is 45.6 Å². The van der Waals surface area contributed by atoms with Gasteiger partial charge in [-0.2, -0.15) is 0 Å². The minimum Gasteiger partial charge on any atom is -0.373 e. The molecule has 3 heteroatoms. The van der Waals surface area contributed by atoms with Crippen LogP contribution >= 0.6 is 22.6 Å². The number of Topliss-reactive ketones (excluding diaryl/α,β-unsaturated/α-hetero) is 1. The summed E-state index contributed by atoms with van der Waals surface area (Å²) in [5.41, 5.74) is 0.733. The smallest absolute Gasteiger partial charge is 0.188 e. The van der Waals surface area contributed by atoms with Crippen LogP contribution in [0.3, 0.4) is 0 Å². The Bertz CT molecular complexity index is 450. The summed E-state index contributed by atoms with van der Waals surface area (Å²) in [5.74, 6) is 1.27. The normalized spacial score (nSPS) is 22.4. The Kier molecular flexibility index (Phi) is 5.58. The maximum Gasteiger partial charge on any atom is 0.188 e. The molecule has 1 aromatic carbocycles. The van der Waals surface area contributed by atoms with E-state index in [4.69, 9.17) is 4.74 Å². The summed E-state index contributed by atoms with van der Waals surface area (Å²) in [5, 5.41) is 0. The first kappa shape index (κ1) is 14.7. The van der Waals surface area contributed by atoms with E-state index in [9.17, 15) is 4.79 Å². The summed E-state index contributed by atoms with van der Waals surface area (Å²) in [6.45, 7) is 3.12. The van der Waals surface area contributed by atoms with Crippen LogP contribution < -0.4 is 0 Å². The van der Waals surface area contributed by atoms with Gasteiger partial charge >= 0.3 is 0 Å². The quantitative estimate of drug-likeness (QED) is 0.443. The Hall–Kier alpha value is -0.680. The first-order valence-electron chi connectivity index (χ1n) is 6.68. The molecule has 1 aromatic rings. The van der Waals surface area contributed by atoms with Crippen LogP contribution in [0.2, 0.25) is 0 Å². The van der Waals surface area contributed by atoms with Crippen molar-refractivity contribution in [2.75, 3.05) is 13.2 Å². The number of halogens is 1. The molecule has 2 atom stereocenters. The lowest BCUT2D eigenvalue weighted by molar-refractivity contribution is 0.0602. The maximum absolute atomic E-state index is 11.9. The van der Waals surface area contributed by atoms with Crippen molar-refractivity contribution in [1.82, 2.24) is 0 Å². The van der Waals surface area contributed by atoms with Crippen LogP contribution in [0, 0.1) is 15.4 Å². The van der Waals surface area contributed by atoms with Gasteiger partial charge in [0.15, 0.2) is 5.78 Å². The standard InChI is InChI=1S/C16H19IO2/c1-12-4-2-3-5-14(12)10-19-11-16(18)13-6-8-15(17)9-7-13/h2-3,6-9,12,14H,4-5,10-11H2,1H3. The van der Waals surface area contributed by atoms with Crippen LogP contribution in [0.25, 0.3) is 0 Å². The number of carbonyl (C=O) groups is 1. The maximum atomic E-state index is 11.9. The van der Waals surface area contributed by atoms with E-state index in [0.29, 0.717) is 18.4 Å². The first-order chi connectivity index (χ1) is 9.16. The van der Waals surface area contributed by atoms with E-state index >= 15 is 0 Å². The van der Waals surface area contributed by atoms with E-state index in [1.165, 1.54) is 0 Å².